The van der Waals surface area contributed by atoms with Gasteiger partial charge >= 0.3 is 0 Å². The fourth-order valence-electron chi connectivity index (χ4n) is 3.52. The molecular formula is C18H29FN2. The zero-order valence-electron chi connectivity index (χ0n) is 13.6. The number of nitrogens with zero attached hydrogens (tertiary/aromatic N) is 1. The minimum absolute atomic E-state index is 0.0993. The fraction of sp³-hybridized carbons (Fsp3) is 0.667. The van der Waals surface area contributed by atoms with E-state index >= 15 is 0 Å². The summed E-state index contributed by atoms with van der Waals surface area (Å²) in [6.45, 7) is 6.25. The normalized spacial score (nSPS) is 19.1. The molecule has 0 heterocycles. The second-order valence-corrected chi connectivity index (χ2v) is 6.35. The molecule has 3 heteroatoms. The number of benzene rings is 1. The molecule has 118 valence electrons. The van der Waals surface area contributed by atoms with E-state index in [9.17, 15) is 4.39 Å². The Bertz CT molecular complexity index is 429. The van der Waals surface area contributed by atoms with Crippen LogP contribution in [0.25, 0.3) is 0 Å². The van der Waals surface area contributed by atoms with Gasteiger partial charge < -0.3 is 5.32 Å². The summed E-state index contributed by atoms with van der Waals surface area (Å²) >= 11 is 0. The Morgan fingerprint density at radius 3 is 2.57 bits per heavy atom. The maximum absolute atomic E-state index is 13.9. The van der Waals surface area contributed by atoms with Gasteiger partial charge in [0.05, 0.1) is 0 Å². The molecule has 0 radical (unpaired) electrons. The highest BCUT2D eigenvalue weighted by molar-refractivity contribution is 5.20. The minimum Gasteiger partial charge on any atom is -0.313 e. The monoisotopic (exact) mass is 292 g/mol. The van der Waals surface area contributed by atoms with Gasteiger partial charge in [-0.3, -0.25) is 4.90 Å². The molecule has 0 amide bonds. The highest BCUT2D eigenvalue weighted by Gasteiger charge is 2.27. The molecule has 2 atom stereocenters. The van der Waals surface area contributed by atoms with Gasteiger partial charge in [0.2, 0.25) is 0 Å². The molecule has 1 aromatic carbocycles. The summed E-state index contributed by atoms with van der Waals surface area (Å²) in [4.78, 5) is 2.28. The second-order valence-electron chi connectivity index (χ2n) is 6.35. The molecule has 1 fully saturated rings. The van der Waals surface area contributed by atoms with E-state index in [0.717, 1.165) is 24.6 Å². The van der Waals surface area contributed by atoms with Crippen LogP contribution in [0.15, 0.2) is 24.3 Å². The molecule has 1 N–H and O–H groups in total. The highest BCUT2D eigenvalue weighted by Crippen LogP contribution is 2.29. The van der Waals surface area contributed by atoms with Crippen molar-refractivity contribution in [2.45, 2.75) is 51.6 Å². The number of hydrogen-bond donors (Lipinski definition) is 1. The molecule has 21 heavy (non-hydrogen) atoms. The Hall–Kier alpha value is -0.930. The van der Waals surface area contributed by atoms with Crippen LogP contribution in [0.2, 0.25) is 0 Å². The zero-order valence-corrected chi connectivity index (χ0v) is 13.6. The van der Waals surface area contributed by atoms with Crippen LogP contribution in [0.3, 0.4) is 0 Å². The Morgan fingerprint density at radius 2 is 1.95 bits per heavy atom. The summed E-state index contributed by atoms with van der Waals surface area (Å²) < 4.78 is 13.9. The van der Waals surface area contributed by atoms with Crippen LogP contribution in [0, 0.1) is 11.7 Å². The Labute approximate surface area is 128 Å². The third kappa shape index (κ3) is 4.27. The van der Waals surface area contributed by atoms with Gasteiger partial charge in [0, 0.05) is 24.2 Å². The molecule has 1 aromatic rings. The molecule has 0 bridgehead atoms. The number of nitrogens with one attached hydrogen (secondary N) is 1. The lowest BCUT2D eigenvalue weighted by Crippen LogP contribution is -2.44. The predicted molar refractivity (Wildman–Crippen MR) is 86.9 cm³/mol. The van der Waals surface area contributed by atoms with Crippen LogP contribution in [-0.2, 0) is 0 Å². The third-order valence-corrected chi connectivity index (χ3v) is 4.94. The van der Waals surface area contributed by atoms with Crippen molar-refractivity contribution < 1.29 is 4.39 Å². The van der Waals surface area contributed by atoms with Crippen molar-refractivity contribution in [1.29, 1.82) is 0 Å². The van der Waals surface area contributed by atoms with Gasteiger partial charge in [-0.2, -0.15) is 0 Å². The lowest BCUT2D eigenvalue weighted by molar-refractivity contribution is 0.198. The molecule has 1 aliphatic carbocycles. The van der Waals surface area contributed by atoms with Gasteiger partial charge in [-0.15, -0.1) is 0 Å². The molecule has 2 nitrogen and oxygen atoms in total. The van der Waals surface area contributed by atoms with E-state index in [1.165, 1.54) is 25.7 Å². The first-order valence-corrected chi connectivity index (χ1v) is 8.31. The van der Waals surface area contributed by atoms with Gasteiger partial charge in [-0.1, -0.05) is 38.0 Å². The van der Waals surface area contributed by atoms with Crippen molar-refractivity contribution in [1.82, 2.24) is 10.2 Å². The van der Waals surface area contributed by atoms with E-state index in [1.54, 1.807) is 12.1 Å². The van der Waals surface area contributed by atoms with Crippen molar-refractivity contribution in [2.75, 3.05) is 20.1 Å². The van der Waals surface area contributed by atoms with E-state index in [0.29, 0.717) is 6.04 Å². The van der Waals surface area contributed by atoms with Crippen molar-refractivity contribution in [3.63, 3.8) is 0 Å². The first-order chi connectivity index (χ1) is 10.1. The summed E-state index contributed by atoms with van der Waals surface area (Å²) in [5.41, 5.74) is 0.793. The number of hydrogen-bond acceptors (Lipinski definition) is 2. The van der Waals surface area contributed by atoms with Crippen LogP contribution in [0.4, 0.5) is 4.39 Å². The van der Waals surface area contributed by atoms with Crippen LogP contribution < -0.4 is 5.32 Å². The van der Waals surface area contributed by atoms with Gasteiger partial charge in [-0.05, 0) is 45.3 Å². The molecule has 0 aromatic heterocycles. The van der Waals surface area contributed by atoms with Gasteiger partial charge in [0.25, 0.3) is 0 Å². The molecule has 2 unspecified atom stereocenters. The zero-order chi connectivity index (χ0) is 15.2. The Balaban J connectivity index is 2.00. The van der Waals surface area contributed by atoms with Crippen molar-refractivity contribution in [2.24, 2.45) is 5.92 Å². The van der Waals surface area contributed by atoms with Crippen LogP contribution in [0.1, 0.15) is 51.1 Å². The predicted octanol–water partition coefficient (Wildman–Crippen LogP) is 3.99. The van der Waals surface area contributed by atoms with E-state index < -0.39 is 0 Å². The van der Waals surface area contributed by atoms with Gasteiger partial charge in [0.15, 0.2) is 0 Å². The SMILES string of the molecule is CCNC(CN(C)C(C)c1ccccc1F)C1CCCC1. The standard InChI is InChI=1S/C18H29FN2/c1-4-20-18(15-9-5-6-10-15)13-21(3)14(2)16-11-7-8-12-17(16)19/h7-8,11-12,14-15,18,20H,4-6,9-10,13H2,1-3H3. The topological polar surface area (TPSA) is 15.3 Å². The van der Waals surface area contributed by atoms with Crippen LogP contribution in [0.5, 0.6) is 0 Å². The summed E-state index contributed by atoms with van der Waals surface area (Å²) in [7, 11) is 2.11. The summed E-state index contributed by atoms with van der Waals surface area (Å²) in [5.74, 6) is 0.679. The van der Waals surface area contributed by atoms with E-state index in [-0.39, 0.29) is 11.9 Å². The summed E-state index contributed by atoms with van der Waals surface area (Å²) in [6, 6.07) is 7.75. The highest BCUT2D eigenvalue weighted by atomic mass is 19.1. The lowest BCUT2D eigenvalue weighted by atomic mass is 9.96. The number of likely N-dealkylation sites (N-methyl/N-ethyl adjacent to an activating group) is 2. The molecule has 2 rings (SSSR count). The molecule has 0 saturated heterocycles. The second kappa shape index (κ2) is 7.90. The van der Waals surface area contributed by atoms with Gasteiger partial charge in [-0.25, -0.2) is 4.39 Å². The van der Waals surface area contributed by atoms with E-state index in [4.69, 9.17) is 0 Å². The maximum Gasteiger partial charge on any atom is 0.127 e. The van der Waals surface area contributed by atoms with Crippen molar-refractivity contribution in [3.05, 3.63) is 35.6 Å². The van der Waals surface area contributed by atoms with E-state index in [2.05, 4.69) is 31.1 Å². The first kappa shape index (κ1) is 16.4. The molecule has 0 spiro atoms. The quantitative estimate of drug-likeness (QED) is 0.817. The maximum atomic E-state index is 13.9. The number of halogens is 1. The number of rotatable bonds is 7. The summed E-state index contributed by atoms with van der Waals surface area (Å²) in [5, 5.41) is 3.64. The molecule has 0 aliphatic heterocycles. The Kier molecular flexibility index (Phi) is 6.19. The third-order valence-electron chi connectivity index (χ3n) is 4.94. The summed E-state index contributed by atoms with van der Waals surface area (Å²) in [6.07, 6.45) is 5.39. The molecular weight excluding hydrogens is 263 g/mol. The first-order valence-electron chi connectivity index (χ1n) is 8.31. The van der Waals surface area contributed by atoms with Crippen molar-refractivity contribution >= 4 is 0 Å². The fourth-order valence-corrected chi connectivity index (χ4v) is 3.52. The average molecular weight is 292 g/mol. The van der Waals surface area contributed by atoms with Crippen LogP contribution in [-0.4, -0.2) is 31.1 Å². The average Bonchev–Trinajstić information content (AvgIpc) is 3.00. The molecule has 1 aliphatic rings. The van der Waals surface area contributed by atoms with Crippen LogP contribution >= 0.6 is 0 Å². The lowest BCUT2D eigenvalue weighted by Gasteiger charge is -2.33. The van der Waals surface area contributed by atoms with Crippen molar-refractivity contribution in [3.8, 4) is 0 Å². The largest absolute Gasteiger partial charge is 0.313 e. The smallest absolute Gasteiger partial charge is 0.127 e. The van der Waals surface area contributed by atoms with E-state index in [1.807, 2.05) is 12.1 Å². The van der Waals surface area contributed by atoms with Gasteiger partial charge in [0.1, 0.15) is 5.82 Å². The minimum atomic E-state index is -0.0993. The Morgan fingerprint density at radius 1 is 1.29 bits per heavy atom. The molecule has 1 saturated carbocycles.